The Morgan fingerprint density at radius 1 is 1.65 bits per heavy atom. The summed E-state index contributed by atoms with van der Waals surface area (Å²) in [6.07, 6.45) is 1.86. The lowest BCUT2D eigenvalue weighted by Gasteiger charge is -2.11. The number of hydrogen-bond acceptors (Lipinski definition) is 4. The highest BCUT2D eigenvalue weighted by atomic mass is 16.6. The van der Waals surface area contributed by atoms with E-state index in [0.29, 0.717) is 19.5 Å². The third-order valence-electron chi connectivity index (χ3n) is 2.62. The molecule has 0 fully saturated rings. The first-order chi connectivity index (χ1) is 9.47. The monoisotopic (exact) mass is 280 g/mol. The Balaban J connectivity index is 2.75. The second-order valence-electron chi connectivity index (χ2n) is 4.41. The molecule has 0 radical (unpaired) electrons. The molecule has 0 aliphatic heterocycles. The van der Waals surface area contributed by atoms with Crippen LogP contribution in [0, 0.1) is 10.1 Å². The van der Waals surface area contributed by atoms with Crippen LogP contribution in [0.15, 0.2) is 17.4 Å². The van der Waals surface area contributed by atoms with Crippen molar-refractivity contribution < 1.29 is 9.72 Å². The molecular formula is C11H16N6O3. The Morgan fingerprint density at radius 3 is 2.90 bits per heavy atom. The van der Waals surface area contributed by atoms with Gasteiger partial charge in [-0.15, -0.1) is 0 Å². The second-order valence-corrected chi connectivity index (χ2v) is 4.41. The largest absolute Gasteiger partial charge is 0.351 e. The molecule has 0 bridgehead atoms. The zero-order valence-electron chi connectivity index (χ0n) is 11.3. The highest BCUT2D eigenvalue weighted by Gasteiger charge is 2.20. The summed E-state index contributed by atoms with van der Waals surface area (Å²) in [4.78, 5) is 24.8. The van der Waals surface area contributed by atoms with Crippen LogP contribution in [-0.4, -0.2) is 28.5 Å². The van der Waals surface area contributed by atoms with Gasteiger partial charge < -0.3 is 9.88 Å². The van der Waals surface area contributed by atoms with E-state index in [4.69, 9.17) is 5.53 Å². The molecule has 1 amide bonds. The third kappa shape index (κ3) is 3.99. The number of nitro groups is 1. The lowest BCUT2D eigenvalue weighted by Crippen LogP contribution is -2.27. The van der Waals surface area contributed by atoms with E-state index in [0.717, 1.165) is 0 Å². The van der Waals surface area contributed by atoms with Crippen LogP contribution in [-0.2, 0) is 0 Å². The van der Waals surface area contributed by atoms with Crippen molar-refractivity contribution in [3.63, 3.8) is 0 Å². The average molecular weight is 280 g/mol. The second kappa shape index (κ2) is 7.15. The molecule has 9 heteroatoms. The molecule has 0 saturated carbocycles. The maximum atomic E-state index is 12.0. The fraction of sp³-hybridized carbons (Fsp3) is 0.545. The van der Waals surface area contributed by atoms with Crippen molar-refractivity contribution in [1.82, 2.24) is 9.88 Å². The van der Waals surface area contributed by atoms with Gasteiger partial charge in [0, 0.05) is 30.1 Å². The first kappa shape index (κ1) is 15.5. The number of carbonyl (C=O) groups is 1. The van der Waals surface area contributed by atoms with Crippen LogP contribution in [0.2, 0.25) is 0 Å². The van der Waals surface area contributed by atoms with Gasteiger partial charge in [0.15, 0.2) is 0 Å². The number of nitrogens with one attached hydrogen (secondary N) is 1. The van der Waals surface area contributed by atoms with E-state index in [2.05, 4.69) is 15.3 Å². The van der Waals surface area contributed by atoms with Gasteiger partial charge in [-0.3, -0.25) is 14.9 Å². The van der Waals surface area contributed by atoms with Crippen LogP contribution < -0.4 is 5.32 Å². The predicted molar refractivity (Wildman–Crippen MR) is 72.4 cm³/mol. The normalized spacial score (nSPS) is 10.2. The van der Waals surface area contributed by atoms with E-state index in [1.807, 2.05) is 13.8 Å². The van der Waals surface area contributed by atoms with Gasteiger partial charge in [0.05, 0.1) is 11.1 Å². The lowest BCUT2D eigenvalue weighted by molar-refractivity contribution is -0.384. The van der Waals surface area contributed by atoms with Gasteiger partial charge in [-0.25, -0.2) is 0 Å². The van der Waals surface area contributed by atoms with Crippen LogP contribution in [0.25, 0.3) is 10.4 Å². The topological polar surface area (TPSA) is 126 Å². The van der Waals surface area contributed by atoms with Crippen molar-refractivity contribution in [1.29, 1.82) is 0 Å². The van der Waals surface area contributed by atoms with Crippen molar-refractivity contribution in [3.05, 3.63) is 38.5 Å². The number of azide groups is 1. The number of nitrogens with zero attached hydrogens (tertiary/aromatic N) is 5. The number of carbonyl (C=O) groups excluding carboxylic acids is 1. The zero-order valence-corrected chi connectivity index (χ0v) is 11.3. The number of amides is 1. The Kier molecular flexibility index (Phi) is 5.55. The zero-order chi connectivity index (χ0) is 15.1. The van der Waals surface area contributed by atoms with Crippen molar-refractivity contribution >= 4 is 11.6 Å². The van der Waals surface area contributed by atoms with Crippen LogP contribution in [0.5, 0.6) is 0 Å². The van der Waals surface area contributed by atoms with Gasteiger partial charge in [-0.05, 0) is 25.8 Å². The van der Waals surface area contributed by atoms with E-state index in [-0.39, 0.29) is 23.3 Å². The maximum absolute atomic E-state index is 12.0. The Bertz CT molecular complexity index is 544. The highest BCUT2D eigenvalue weighted by Crippen LogP contribution is 2.20. The molecule has 0 aliphatic rings. The van der Waals surface area contributed by atoms with Crippen molar-refractivity contribution in [2.45, 2.75) is 26.3 Å². The summed E-state index contributed by atoms with van der Waals surface area (Å²) in [5, 5.41) is 16.7. The van der Waals surface area contributed by atoms with Crippen molar-refractivity contribution in [2.75, 3.05) is 13.1 Å². The molecule has 0 unspecified atom stereocenters. The van der Waals surface area contributed by atoms with Gasteiger partial charge >= 0.3 is 0 Å². The van der Waals surface area contributed by atoms with E-state index < -0.39 is 4.92 Å². The molecule has 0 aliphatic carbocycles. The van der Waals surface area contributed by atoms with Gasteiger partial charge in [0.1, 0.15) is 5.69 Å². The molecule has 0 spiro atoms. The van der Waals surface area contributed by atoms with E-state index in [1.54, 1.807) is 4.57 Å². The molecule has 1 heterocycles. The van der Waals surface area contributed by atoms with Crippen molar-refractivity contribution in [3.8, 4) is 0 Å². The Labute approximate surface area is 115 Å². The van der Waals surface area contributed by atoms with Crippen LogP contribution in [0.1, 0.15) is 36.8 Å². The highest BCUT2D eigenvalue weighted by molar-refractivity contribution is 5.93. The molecule has 108 valence electrons. The first-order valence-corrected chi connectivity index (χ1v) is 6.12. The maximum Gasteiger partial charge on any atom is 0.287 e. The number of hydrogen-bond donors (Lipinski definition) is 1. The minimum absolute atomic E-state index is 0.0624. The SMILES string of the molecule is CC(C)n1cc([N+](=O)[O-])cc1C(=O)NCCCN=[N+]=[N-]. The van der Waals surface area contributed by atoms with E-state index in [1.165, 1.54) is 12.3 Å². The molecule has 0 atom stereocenters. The molecule has 1 N–H and O–H groups in total. The molecule has 1 aromatic rings. The summed E-state index contributed by atoms with van der Waals surface area (Å²) in [5.41, 5.74) is 8.24. The van der Waals surface area contributed by atoms with Crippen LogP contribution in [0.4, 0.5) is 5.69 Å². The number of rotatable bonds is 7. The molecule has 1 aromatic heterocycles. The molecule has 0 aromatic carbocycles. The van der Waals surface area contributed by atoms with Gasteiger partial charge in [-0.2, -0.15) is 0 Å². The lowest BCUT2D eigenvalue weighted by atomic mass is 10.3. The summed E-state index contributed by atoms with van der Waals surface area (Å²) in [5.74, 6) is -0.382. The third-order valence-corrected chi connectivity index (χ3v) is 2.62. The van der Waals surface area contributed by atoms with Gasteiger partial charge in [-0.1, -0.05) is 5.11 Å². The van der Waals surface area contributed by atoms with Crippen LogP contribution in [0.3, 0.4) is 0 Å². The van der Waals surface area contributed by atoms with E-state index >= 15 is 0 Å². The first-order valence-electron chi connectivity index (χ1n) is 6.12. The molecule has 1 rings (SSSR count). The smallest absolute Gasteiger partial charge is 0.287 e. The minimum atomic E-state index is -0.530. The number of aromatic nitrogens is 1. The summed E-state index contributed by atoms with van der Waals surface area (Å²) in [6, 6.07) is 1.19. The van der Waals surface area contributed by atoms with E-state index in [9.17, 15) is 14.9 Å². The van der Waals surface area contributed by atoms with Crippen molar-refractivity contribution in [2.24, 2.45) is 5.11 Å². The predicted octanol–water partition coefficient (Wildman–Crippen LogP) is 2.41. The summed E-state index contributed by atoms with van der Waals surface area (Å²) in [6.45, 7) is 4.31. The Morgan fingerprint density at radius 2 is 2.35 bits per heavy atom. The van der Waals surface area contributed by atoms with Gasteiger partial charge in [0.25, 0.3) is 11.6 Å². The van der Waals surface area contributed by atoms with Gasteiger partial charge in [0.2, 0.25) is 0 Å². The summed E-state index contributed by atoms with van der Waals surface area (Å²) >= 11 is 0. The summed E-state index contributed by atoms with van der Waals surface area (Å²) in [7, 11) is 0. The molecular weight excluding hydrogens is 264 g/mol. The molecule has 0 saturated heterocycles. The molecule has 20 heavy (non-hydrogen) atoms. The fourth-order valence-corrected chi connectivity index (χ4v) is 1.66. The quantitative estimate of drug-likeness (QED) is 0.206. The summed E-state index contributed by atoms with van der Waals surface area (Å²) < 4.78 is 1.56. The molecule has 9 nitrogen and oxygen atoms in total. The average Bonchev–Trinajstić information content (AvgIpc) is 2.83. The fourth-order valence-electron chi connectivity index (χ4n) is 1.66. The minimum Gasteiger partial charge on any atom is -0.351 e. The van der Waals surface area contributed by atoms with Crippen LogP contribution >= 0.6 is 0 Å². The standard InChI is InChI=1S/C11H16N6O3/c1-8(2)16-7-9(17(19)20)6-10(16)11(18)13-4-3-5-14-15-12/h6-8H,3-5H2,1-2H3,(H,13,18). The Hall–Kier alpha value is -2.54.